The molecule has 2 heteroatoms. The van der Waals surface area contributed by atoms with Gasteiger partial charge in [0.25, 0.3) is 0 Å². The summed E-state index contributed by atoms with van der Waals surface area (Å²) in [6.45, 7) is 0.691. The van der Waals surface area contributed by atoms with Gasteiger partial charge in [0, 0.05) is 0 Å². The van der Waals surface area contributed by atoms with Crippen LogP contribution < -0.4 is 5.73 Å². The van der Waals surface area contributed by atoms with E-state index in [-0.39, 0.29) is 11.2 Å². The van der Waals surface area contributed by atoms with Gasteiger partial charge in [0.05, 0.1) is 0 Å². The van der Waals surface area contributed by atoms with Crippen LogP contribution in [0.1, 0.15) is 31.2 Å². The molecule has 0 saturated heterocycles. The largest absolute Gasteiger partial charge is 0.330 e. The van der Waals surface area contributed by atoms with Crippen molar-refractivity contribution in [2.24, 2.45) is 5.73 Å². The Bertz CT molecular complexity index is 318. The van der Waals surface area contributed by atoms with Crippen LogP contribution in [0.25, 0.3) is 0 Å². The standard InChI is InChI=1S/C12H16FN/c13-11-4-1-3-10(9-11)12(7-8-14)5-2-6-12/h1,3-4,9H,2,5-8,14H2. The second-order valence-electron chi connectivity index (χ2n) is 4.18. The van der Waals surface area contributed by atoms with Crippen LogP contribution in [-0.4, -0.2) is 6.54 Å². The lowest BCUT2D eigenvalue weighted by Gasteiger charge is -2.42. The van der Waals surface area contributed by atoms with Gasteiger partial charge in [0.2, 0.25) is 0 Å². The zero-order valence-electron chi connectivity index (χ0n) is 8.30. The van der Waals surface area contributed by atoms with Crippen molar-refractivity contribution in [3.63, 3.8) is 0 Å². The van der Waals surface area contributed by atoms with E-state index in [1.54, 1.807) is 12.1 Å². The van der Waals surface area contributed by atoms with Gasteiger partial charge < -0.3 is 5.73 Å². The third-order valence-corrected chi connectivity index (χ3v) is 3.37. The van der Waals surface area contributed by atoms with Crippen molar-refractivity contribution in [3.05, 3.63) is 35.6 Å². The Balaban J connectivity index is 2.27. The highest BCUT2D eigenvalue weighted by Gasteiger charge is 2.37. The second-order valence-corrected chi connectivity index (χ2v) is 4.18. The lowest BCUT2D eigenvalue weighted by atomic mass is 9.62. The minimum Gasteiger partial charge on any atom is -0.330 e. The molecule has 14 heavy (non-hydrogen) atoms. The lowest BCUT2D eigenvalue weighted by molar-refractivity contribution is 0.229. The molecule has 1 fully saturated rings. The van der Waals surface area contributed by atoms with Crippen LogP contribution in [0.5, 0.6) is 0 Å². The topological polar surface area (TPSA) is 26.0 Å². The summed E-state index contributed by atoms with van der Waals surface area (Å²) < 4.78 is 13.1. The summed E-state index contributed by atoms with van der Waals surface area (Å²) in [6, 6.07) is 6.98. The molecule has 1 saturated carbocycles. The molecule has 0 aliphatic heterocycles. The lowest BCUT2D eigenvalue weighted by Crippen LogP contribution is -2.36. The molecule has 0 heterocycles. The summed E-state index contributed by atoms with van der Waals surface area (Å²) in [6.07, 6.45) is 4.55. The number of rotatable bonds is 3. The van der Waals surface area contributed by atoms with E-state index in [2.05, 4.69) is 0 Å². The fourth-order valence-corrected chi connectivity index (χ4v) is 2.38. The van der Waals surface area contributed by atoms with E-state index in [1.807, 2.05) is 6.07 Å². The highest BCUT2D eigenvalue weighted by molar-refractivity contribution is 5.28. The van der Waals surface area contributed by atoms with Crippen molar-refractivity contribution in [3.8, 4) is 0 Å². The molecule has 0 spiro atoms. The maximum atomic E-state index is 13.1. The minimum absolute atomic E-state index is 0.134. The highest BCUT2D eigenvalue weighted by atomic mass is 19.1. The predicted octanol–water partition coefficient (Wildman–Crippen LogP) is 2.60. The Hall–Kier alpha value is -0.890. The van der Waals surface area contributed by atoms with Crippen molar-refractivity contribution in [2.45, 2.75) is 31.1 Å². The molecule has 0 radical (unpaired) electrons. The second kappa shape index (κ2) is 3.70. The van der Waals surface area contributed by atoms with Crippen molar-refractivity contribution < 1.29 is 4.39 Å². The van der Waals surface area contributed by atoms with E-state index < -0.39 is 0 Å². The first-order chi connectivity index (χ1) is 6.77. The van der Waals surface area contributed by atoms with Gasteiger partial charge in [-0.3, -0.25) is 0 Å². The molecule has 1 nitrogen and oxygen atoms in total. The Morgan fingerprint density at radius 1 is 1.36 bits per heavy atom. The summed E-state index contributed by atoms with van der Waals surface area (Å²) in [5.41, 5.74) is 6.93. The van der Waals surface area contributed by atoms with Gasteiger partial charge in [-0.1, -0.05) is 18.6 Å². The average Bonchev–Trinajstić information content (AvgIpc) is 2.11. The Labute approximate surface area is 84.1 Å². The predicted molar refractivity (Wildman–Crippen MR) is 55.6 cm³/mol. The zero-order valence-corrected chi connectivity index (χ0v) is 8.30. The Morgan fingerprint density at radius 3 is 2.64 bits per heavy atom. The van der Waals surface area contributed by atoms with Crippen LogP contribution in [0.2, 0.25) is 0 Å². The molecule has 1 aromatic carbocycles. The number of nitrogens with two attached hydrogens (primary N) is 1. The van der Waals surface area contributed by atoms with Gasteiger partial charge in [0.15, 0.2) is 0 Å². The number of halogens is 1. The van der Waals surface area contributed by atoms with E-state index in [1.165, 1.54) is 12.5 Å². The van der Waals surface area contributed by atoms with E-state index in [0.717, 1.165) is 24.8 Å². The van der Waals surface area contributed by atoms with Crippen LogP contribution in [0, 0.1) is 5.82 Å². The quantitative estimate of drug-likeness (QED) is 0.784. The van der Waals surface area contributed by atoms with Crippen molar-refractivity contribution >= 4 is 0 Å². The van der Waals surface area contributed by atoms with Gasteiger partial charge >= 0.3 is 0 Å². The molecule has 2 N–H and O–H groups in total. The SMILES string of the molecule is NCCC1(c2cccc(F)c2)CCC1. The Kier molecular flexibility index (Phi) is 2.55. The molecular weight excluding hydrogens is 177 g/mol. The summed E-state index contributed by atoms with van der Waals surface area (Å²) in [5, 5.41) is 0. The first-order valence-electron chi connectivity index (χ1n) is 5.23. The van der Waals surface area contributed by atoms with E-state index >= 15 is 0 Å². The first-order valence-corrected chi connectivity index (χ1v) is 5.23. The van der Waals surface area contributed by atoms with Gasteiger partial charge in [0.1, 0.15) is 5.82 Å². The van der Waals surface area contributed by atoms with E-state index in [9.17, 15) is 4.39 Å². The van der Waals surface area contributed by atoms with Gasteiger partial charge in [-0.05, 0) is 48.9 Å². The monoisotopic (exact) mass is 193 g/mol. The molecule has 76 valence electrons. The van der Waals surface area contributed by atoms with Gasteiger partial charge in [-0.25, -0.2) is 4.39 Å². The van der Waals surface area contributed by atoms with E-state index in [4.69, 9.17) is 5.73 Å². The van der Waals surface area contributed by atoms with Gasteiger partial charge in [-0.15, -0.1) is 0 Å². The smallest absolute Gasteiger partial charge is 0.123 e. The first kappa shape index (κ1) is 9.66. The van der Waals surface area contributed by atoms with Crippen molar-refractivity contribution in [2.75, 3.05) is 6.54 Å². The normalized spacial score (nSPS) is 19.0. The molecule has 0 aromatic heterocycles. The van der Waals surface area contributed by atoms with Crippen LogP contribution in [-0.2, 0) is 5.41 Å². The molecule has 2 rings (SSSR count). The molecule has 1 aliphatic rings. The molecule has 1 aliphatic carbocycles. The average molecular weight is 193 g/mol. The number of benzene rings is 1. The molecule has 0 atom stereocenters. The summed E-state index contributed by atoms with van der Waals surface area (Å²) in [4.78, 5) is 0. The third kappa shape index (κ3) is 1.55. The summed E-state index contributed by atoms with van der Waals surface area (Å²) in [5.74, 6) is -0.134. The summed E-state index contributed by atoms with van der Waals surface area (Å²) in [7, 11) is 0. The van der Waals surface area contributed by atoms with Crippen LogP contribution >= 0.6 is 0 Å². The van der Waals surface area contributed by atoms with Crippen molar-refractivity contribution in [1.29, 1.82) is 0 Å². The maximum Gasteiger partial charge on any atom is 0.123 e. The molecule has 0 unspecified atom stereocenters. The van der Waals surface area contributed by atoms with Crippen LogP contribution in [0.15, 0.2) is 24.3 Å². The number of hydrogen-bond acceptors (Lipinski definition) is 1. The van der Waals surface area contributed by atoms with Crippen molar-refractivity contribution in [1.82, 2.24) is 0 Å². The fraction of sp³-hybridized carbons (Fsp3) is 0.500. The molecular formula is C12H16FN. The third-order valence-electron chi connectivity index (χ3n) is 3.37. The van der Waals surface area contributed by atoms with Gasteiger partial charge in [-0.2, -0.15) is 0 Å². The molecule has 0 bridgehead atoms. The zero-order chi connectivity index (χ0) is 10.0. The van der Waals surface area contributed by atoms with Crippen LogP contribution in [0.4, 0.5) is 4.39 Å². The number of hydrogen-bond donors (Lipinski definition) is 1. The Morgan fingerprint density at radius 2 is 2.14 bits per heavy atom. The fourth-order valence-electron chi connectivity index (χ4n) is 2.38. The van der Waals surface area contributed by atoms with Crippen LogP contribution in [0.3, 0.4) is 0 Å². The molecule has 1 aromatic rings. The maximum absolute atomic E-state index is 13.1. The van der Waals surface area contributed by atoms with E-state index in [0.29, 0.717) is 6.54 Å². The summed E-state index contributed by atoms with van der Waals surface area (Å²) >= 11 is 0. The highest BCUT2D eigenvalue weighted by Crippen LogP contribution is 2.46. The molecule has 0 amide bonds. The minimum atomic E-state index is -0.134.